The second kappa shape index (κ2) is 13.5. The van der Waals surface area contributed by atoms with Gasteiger partial charge in [0, 0.05) is 45.4 Å². The van der Waals surface area contributed by atoms with E-state index in [1.165, 1.54) is 6.07 Å². The molecule has 1 amide bonds. The summed E-state index contributed by atoms with van der Waals surface area (Å²) in [5.74, 6) is 0.678. The molecule has 1 aromatic rings. The lowest BCUT2D eigenvalue weighted by molar-refractivity contribution is -0.178. The third kappa shape index (κ3) is 5.67. The Hall–Kier alpha value is -2.22. The van der Waals surface area contributed by atoms with E-state index in [1.54, 1.807) is 17.0 Å². The molecule has 286 valence electrons. The number of hydrogen-bond donors (Lipinski definition) is 2. The molecule has 52 heavy (non-hydrogen) atoms. The van der Waals surface area contributed by atoms with Crippen molar-refractivity contribution in [1.82, 2.24) is 4.90 Å². The summed E-state index contributed by atoms with van der Waals surface area (Å²) in [6, 6.07) is 4.53. The van der Waals surface area contributed by atoms with E-state index in [4.69, 9.17) is 16.3 Å². The van der Waals surface area contributed by atoms with Crippen molar-refractivity contribution in [3.63, 3.8) is 0 Å². The van der Waals surface area contributed by atoms with Crippen molar-refractivity contribution in [2.75, 3.05) is 13.1 Å². The lowest BCUT2D eigenvalue weighted by Gasteiger charge is -2.71. The van der Waals surface area contributed by atoms with Gasteiger partial charge in [0.15, 0.2) is 5.78 Å². The van der Waals surface area contributed by atoms with E-state index in [9.17, 15) is 19.8 Å². The van der Waals surface area contributed by atoms with Crippen molar-refractivity contribution < 1.29 is 28.9 Å². The van der Waals surface area contributed by atoms with E-state index in [2.05, 4.69) is 59.8 Å². The number of benzene rings is 1. The topological polar surface area (TPSA) is 87.1 Å². The lowest BCUT2D eigenvalue weighted by Crippen LogP contribution is -2.67. The first-order chi connectivity index (χ1) is 24.5. The number of halogens is 2. The van der Waals surface area contributed by atoms with Gasteiger partial charge in [-0.25, -0.2) is 9.18 Å². The molecule has 2 bridgehead atoms. The smallest absolute Gasteiger partial charge is 0.410 e. The van der Waals surface area contributed by atoms with Gasteiger partial charge >= 0.3 is 6.09 Å². The predicted octanol–water partition coefficient (Wildman–Crippen LogP) is 9.49. The van der Waals surface area contributed by atoms with Crippen molar-refractivity contribution in [2.24, 2.45) is 51.2 Å². The molecule has 7 aliphatic rings. The number of aliphatic hydroxyl groups is 2. The highest BCUT2D eigenvalue weighted by atomic mass is 35.5. The first-order valence-corrected chi connectivity index (χ1v) is 20.7. The summed E-state index contributed by atoms with van der Waals surface area (Å²) >= 11 is 6.48. The molecular formula is C44H61ClFNO5. The van der Waals surface area contributed by atoms with Crippen molar-refractivity contribution in [2.45, 2.75) is 136 Å². The minimum absolute atomic E-state index is 0.0720. The minimum atomic E-state index is -1.19. The Morgan fingerprint density at radius 2 is 1.75 bits per heavy atom. The van der Waals surface area contributed by atoms with Crippen molar-refractivity contribution in [3.05, 3.63) is 58.4 Å². The van der Waals surface area contributed by atoms with Gasteiger partial charge in [-0.05, 0) is 111 Å². The molecule has 8 heteroatoms. The van der Waals surface area contributed by atoms with Crippen LogP contribution in [0, 0.1) is 57.1 Å². The van der Waals surface area contributed by atoms with E-state index >= 15 is 4.39 Å². The van der Waals surface area contributed by atoms with Gasteiger partial charge in [0.1, 0.15) is 11.9 Å². The highest BCUT2D eigenvalue weighted by Crippen LogP contribution is 2.78. The molecule has 0 heterocycles. The average molecular weight is 738 g/mol. The zero-order chi connectivity index (χ0) is 37.4. The number of carbonyl (C=O) groups is 2. The van der Waals surface area contributed by atoms with Gasteiger partial charge < -0.3 is 19.8 Å². The maximum Gasteiger partial charge on any atom is 0.410 e. The molecule has 7 aliphatic carbocycles. The molecule has 0 aromatic heterocycles. The number of nitrogens with zero attached hydrogens (tertiary/aromatic N) is 1. The first-order valence-electron chi connectivity index (χ1n) is 20.3. The van der Waals surface area contributed by atoms with Crippen LogP contribution in [0.15, 0.2) is 42.0 Å². The summed E-state index contributed by atoms with van der Waals surface area (Å²) in [4.78, 5) is 30.6. The summed E-state index contributed by atoms with van der Waals surface area (Å²) in [7, 11) is 0. The van der Waals surface area contributed by atoms with Gasteiger partial charge in [0.2, 0.25) is 0 Å². The van der Waals surface area contributed by atoms with Crippen LogP contribution < -0.4 is 0 Å². The quantitative estimate of drug-likeness (QED) is 0.247. The summed E-state index contributed by atoms with van der Waals surface area (Å²) in [5, 5.41) is 24.2. The number of ketones is 1. The second-order valence-electron chi connectivity index (χ2n) is 18.8. The SMILES string of the molecule is CCCN(CC1(O)CCC2C34C=CC5(C=C3C(=O)Cc3c(F)cccc3Cl)CC(O)CCC5(C)C4CCC21C)C(=O)OC1CC(C)CCC1C(C)C. The Balaban J connectivity index is 1.24. The molecule has 1 aromatic carbocycles. The van der Waals surface area contributed by atoms with Gasteiger partial charge in [-0.1, -0.05) is 83.9 Å². The van der Waals surface area contributed by atoms with E-state index < -0.39 is 33.8 Å². The summed E-state index contributed by atoms with van der Waals surface area (Å²) in [6.45, 7) is 14.0. The molecule has 11 unspecified atom stereocenters. The fraction of sp³-hybridized carbons (Fsp3) is 0.727. The Labute approximate surface area is 315 Å². The normalized spacial score (nSPS) is 41.9. The molecule has 6 nitrogen and oxygen atoms in total. The van der Waals surface area contributed by atoms with E-state index in [0.29, 0.717) is 49.1 Å². The third-order valence-electron chi connectivity index (χ3n) is 15.8. The number of rotatable bonds is 9. The largest absolute Gasteiger partial charge is 0.446 e. The fourth-order valence-electron chi connectivity index (χ4n) is 12.9. The molecule has 0 saturated heterocycles. The van der Waals surface area contributed by atoms with Crippen LogP contribution >= 0.6 is 11.6 Å². The van der Waals surface area contributed by atoms with Crippen LogP contribution in [0.1, 0.15) is 118 Å². The number of fused-ring (bicyclic) bond motifs is 1. The molecule has 2 spiro atoms. The third-order valence-corrected chi connectivity index (χ3v) is 16.2. The van der Waals surface area contributed by atoms with Gasteiger partial charge in [-0.3, -0.25) is 4.79 Å². The Morgan fingerprint density at radius 3 is 2.46 bits per heavy atom. The predicted molar refractivity (Wildman–Crippen MR) is 202 cm³/mol. The number of Topliss-reactive ketones (excluding diaryl/α,β-unsaturated/α-hetero) is 1. The molecule has 4 saturated carbocycles. The molecule has 4 fully saturated rings. The molecule has 8 rings (SSSR count). The monoisotopic (exact) mass is 737 g/mol. The van der Waals surface area contributed by atoms with Crippen LogP contribution in [0.5, 0.6) is 0 Å². The van der Waals surface area contributed by atoms with E-state index in [-0.39, 0.29) is 58.8 Å². The summed E-state index contributed by atoms with van der Waals surface area (Å²) < 4.78 is 21.5. The van der Waals surface area contributed by atoms with Crippen LogP contribution in [-0.2, 0) is 16.0 Å². The highest BCUT2D eigenvalue weighted by Gasteiger charge is 2.74. The zero-order valence-electron chi connectivity index (χ0n) is 32.2. The van der Waals surface area contributed by atoms with Crippen LogP contribution in [0.3, 0.4) is 0 Å². The van der Waals surface area contributed by atoms with Crippen molar-refractivity contribution in [1.29, 1.82) is 0 Å². The molecule has 0 radical (unpaired) electrons. The number of allylic oxidation sites excluding steroid dienone is 4. The van der Waals surface area contributed by atoms with Gasteiger partial charge in [-0.15, -0.1) is 0 Å². The summed E-state index contributed by atoms with van der Waals surface area (Å²) in [6.07, 6.45) is 14.4. The second-order valence-corrected chi connectivity index (χ2v) is 19.2. The number of ether oxygens (including phenoxy) is 1. The summed E-state index contributed by atoms with van der Waals surface area (Å²) in [5.41, 5.74) is -2.20. The number of aliphatic hydroxyl groups excluding tert-OH is 1. The van der Waals surface area contributed by atoms with Crippen molar-refractivity contribution >= 4 is 23.5 Å². The van der Waals surface area contributed by atoms with Crippen LogP contribution in [-0.4, -0.2) is 57.9 Å². The van der Waals surface area contributed by atoms with Crippen LogP contribution in [0.4, 0.5) is 9.18 Å². The molecule has 11 atom stereocenters. The fourth-order valence-corrected chi connectivity index (χ4v) is 13.1. The molecule has 0 aliphatic heterocycles. The average Bonchev–Trinajstić information content (AvgIpc) is 3.36. The number of amides is 1. The van der Waals surface area contributed by atoms with Gasteiger partial charge in [-0.2, -0.15) is 0 Å². The number of hydrogen-bond acceptors (Lipinski definition) is 5. The maximum absolute atomic E-state index is 15.2. The Morgan fingerprint density at radius 1 is 1.04 bits per heavy atom. The van der Waals surface area contributed by atoms with Crippen LogP contribution in [0.2, 0.25) is 5.02 Å². The standard InChI is InChI=1S/C44H61ClFNO5/c1-7-21-47(39(50)52-36-22-28(4)11-12-30(36)27(2)3)26-43(51)18-15-38-41(43,6)17-14-37-40(5)16-13-29(48)24-42(40)19-20-44(37,38)32(25-42)35(49)23-31-33(45)9-8-10-34(31)46/h8-10,19-20,25,27-30,36-38,48,51H,7,11-18,21-24,26H2,1-6H3. The minimum Gasteiger partial charge on any atom is -0.446 e. The van der Waals surface area contributed by atoms with E-state index in [0.717, 1.165) is 51.4 Å². The van der Waals surface area contributed by atoms with Crippen LogP contribution in [0.25, 0.3) is 0 Å². The zero-order valence-corrected chi connectivity index (χ0v) is 33.0. The van der Waals surface area contributed by atoms with Crippen molar-refractivity contribution in [3.8, 4) is 0 Å². The first kappa shape index (κ1) is 38.1. The molecule has 2 N–H and O–H groups in total. The Kier molecular flexibility index (Phi) is 9.89. The number of carbonyl (C=O) groups excluding carboxylic acids is 2. The highest BCUT2D eigenvalue weighted by molar-refractivity contribution is 6.31. The molecular weight excluding hydrogens is 677 g/mol. The van der Waals surface area contributed by atoms with Gasteiger partial charge in [0.05, 0.1) is 18.2 Å². The lowest BCUT2D eigenvalue weighted by atomic mass is 9.32. The Bertz CT molecular complexity index is 1620. The maximum atomic E-state index is 15.2. The van der Waals surface area contributed by atoms with Gasteiger partial charge in [0.25, 0.3) is 0 Å². The van der Waals surface area contributed by atoms with E-state index in [1.807, 2.05) is 0 Å².